The van der Waals surface area contributed by atoms with Crippen molar-refractivity contribution in [2.75, 3.05) is 18.8 Å². The molecule has 1 aromatic carbocycles. The maximum atomic E-state index is 12.6. The third kappa shape index (κ3) is 4.33. The first-order valence-corrected chi connectivity index (χ1v) is 10.7. The molecule has 1 fully saturated rings. The number of aryl methyl sites for hydroxylation is 2. The molecule has 0 bridgehead atoms. The van der Waals surface area contributed by atoms with E-state index in [4.69, 9.17) is 5.73 Å². The average Bonchev–Trinajstić information content (AvgIpc) is 3.25. The number of carbonyl (C=O) groups is 3. The molecule has 3 amide bonds. The number of anilines is 1. The molecule has 0 radical (unpaired) electrons. The number of hydrogen-bond donors (Lipinski definition) is 2. The third-order valence-corrected chi connectivity index (χ3v) is 5.94. The lowest BCUT2D eigenvalue weighted by Crippen LogP contribution is -2.37. The number of carbonyl (C=O) groups excluding carboxylic acids is 3. The molecule has 0 spiro atoms. The van der Waals surface area contributed by atoms with Gasteiger partial charge in [0, 0.05) is 30.0 Å². The number of fused-ring (bicyclic) bond motifs is 1. The summed E-state index contributed by atoms with van der Waals surface area (Å²) in [5, 5.41) is 6.50. The van der Waals surface area contributed by atoms with Crippen molar-refractivity contribution in [2.24, 2.45) is 0 Å². The number of thioether (sulfide) groups is 1. The van der Waals surface area contributed by atoms with E-state index in [-0.39, 0.29) is 42.5 Å². The van der Waals surface area contributed by atoms with E-state index in [0.717, 1.165) is 33.5 Å². The molecule has 1 saturated heterocycles. The van der Waals surface area contributed by atoms with Crippen LogP contribution in [0.5, 0.6) is 0 Å². The van der Waals surface area contributed by atoms with Crippen molar-refractivity contribution in [2.45, 2.75) is 20.3 Å². The molecule has 11 heteroatoms. The second-order valence-corrected chi connectivity index (χ2v) is 8.21. The summed E-state index contributed by atoms with van der Waals surface area (Å²) < 4.78 is 1.50. The number of nitrogens with zero attached hydrogens (tertiary/aromatic N) is 5. The van der Waals surface area contributed by atoms with E-state index in [0.29, 0.717) is 16.4 Å². The zero-order valence-corrected chi connectivity index (χ0v) is 18.3. The lowest BCUT2D eigenvalue weighted by atomic mass is 10.1. The number of nitrogens with one attached hydrogen (secondary N) is 1. The van der Waals surface area contributed by atoms with Gasteiger partial charge in [0.25, 0.3) is 16.9 Å². The topological polar surface area (TPSA) is 136 Å². The molecule has 0 aliphatic carbocycles. The summed E-state index contributed by atoms with van der Waals surface area (Å²) in [6.45, 7) is 3.86. The highest BCUT2D eigenvalue weighted by Crippen LogP contribution is 2.31. The first kappa shape index (κ1) is 21.5. The van der Waals surface area contributed by atoms with Crippen molar-refractivity contribution in [3.8, 4) is 0 Å². The maximum absolute atomic E-state index is 12.6. The van der Waals surface area contributed by atoms with Gasteiger partial charge < -0.3 is 11.1 Å². The van der Waals surface area contributed by atoms with Crippen LogP contribution in [0.15, 0.2) is 35.2 Å². The Morgan fingerprint density at radius 1 is 1.19 bits per heavy atom. The highest BCUT2D eigenvalue weighted by molar-refractivity contribution is 8.18. The van der Waals surface area contributed by atoms with Gasteiger partial charge in [0.05, 0.1) is 11.3 Å². The summed E-state index contributed by atoms with van der Waals surface area (Å²) in [7, 11) is 0. The number of aromatic nitrogens is 4. The van der Waals surface area contributed by atoms with Gasteiger partial charge in [-0.3, -0.25) is 19.3 Å². The monoisotopic (exact) mass is 451 g/mol. The van der Waals surface area contributed by atoms with Crippen LogP contribution in [-0.4, -0.2) is 54.6 Å². The molecule has 4 rings (SSSR count). The predicted molar refractivity (Wildman–Crippen MR) is 121 cm³/mol. The largest absolute Gasteiger partial charge is 0.366 e. The minimum atomic E-state index is -0.358. The minimum absolute atomic E-state index is 0.0795. The van der Waals surface area contributed by atoms with Crippen LogP contribution in [0.1, 0.15) is 22.5 Å². The molecule has 3 heterocycles. The number of amides is 3. The summed E-state index contributed by atoms with van der Waals surface area (Å²) in [6, 6.07) is 9.32. The molecular weight excluding hydrogens is 430 g/mol. The van der Waals surface area contributed by atoms with Crippen molar-refractivity contribution >= 4 is 46.6 Å². The van der Waals surface area contributed by atoms with Crippen LogP contribution < -0.4 is 11.1 Å². The van der Waals surface area contributed by atoms with E-state index in [1.54, 1.807) is 13.0 Å². The molecule has 3 N–H and O–H groups in total. The fourth-order valence-corrected chi connectivity index (χ4v) is 4.27. The second-order valence-electron chi connectivity index (χ2n) is 7.21. The Morgan fingerprint density at radius 2 is 1.94 bits per heavy atom. The average molecular weight is 452 g/mol. The Labute approximate surface area is 187 Å². The summed E-state index contributed by atoms with van der Waals surface area (Å²) in [6.07, 6.45) is 1.77. The molecule has 3 aromatic rings. The zero-order chi connectivity index (χ0) is 22.8. The number of rotatable bonds is 6. The smallest absolute Gasteiger partial charge is 0.293 e. The molecule has 0 saturated carbocycles. The van der Waals surface area contributed by atoms with E-state index in [1.807, 2.05) is 37.3 Å². The van der Waals surface area contributed by atoms with E-state index < -0.39 is 0 Å². The van der Waals surface area contributed by atoms with Crippen molar-refractivity contribution in [1.82, 2.24) is 29.8 Å². The van der Waals surface area contributed by atoms with Crippen molar-refractivity contribution in [3.63, 3.8) is 0 Å². The Hall–Kier alpha value is -3.73. The summed E-state index contributed by atoms with van der Waals surface area (Å²) in [4.78, 5) is 47.2. The Bertz CT molecular complexity index is 1250. The lowest BCUT2D eigenvalue weighted by molar-refractivity contribution is -0.124. The Morgan fingerprint density at radius 3 is 2.69 bits per heavy atom. The van der Waals surface area contributed by atoms with Gasteiger partial charge in [-0.1, -0.05) is 30.3 Å². The first-order chi connectivity index (χ1) is 15.3. The van der Waals surface area contributed by atoms with Crippen LogP contribution in [-0.2, 0) is 16.0 Å². The highest BCUT2D eigenvalue weighted by Gasteiger charge is 2.34. The van der Waals surface area contributed by atoms with Gasteiger partial charge in [0.15, 0.2) is 0 Å². The summed E-state index contributed by atoms with van der Waals surface area (Å²) >= 11 is 0.897. The van der Waals surface area contributed by atoms with Crippen molar-refractivity contribution < 1.29 is 14.4 Å². The fraction of sp³-hybridized carbons (Fsp3) is 0.238. The second kappa shape index (κ2) is 8.79. The zero-order valence-electron chi connectivity index (χ0n) is 17.5. The SMILES string of the molecule is Cc1nc2nc(N)nn2c(C)c1CC(=O)NCCN1C(=O)S/C(=C\c2ccccc2)C1=O. The minimum Gasteiger partial charge on any atom is -0.366 e. The summed E-state index contributed by atoms with van der Waals surface area (Å²) in [5.41, 5.74) is 8.58. The molecule has 0 atom stereocenters. The van der Waals surface area contributed by atoms with Crippen LogP contribution in [0.25, 0.3) is 11.9 Å². The Balaban J connectivity index is 1.36. The molecular formula is C21H21N7O3S. The first-order valence-electron chi connectivity index (χ1n) is 9.89. The quantitative estimate of drug-likeness (QED) is 0.541. The molecule has 0 unspecified atom stereocenters. The number of nitrogens with two attached hydrogens (primary N) is 1. The van der Waals surface area contributed by atoms with Crippen LogP contribution in [0.3, 0.4) is 0 Å². The van der Waals surface area contributed by atoms with Gasteiger partial charge in [-0.05, 0) is 37.2 Å². The molecule has 164 valence electrons. The van der Waals surface area contributed by atoms with Gasteiger partial charge in [-0.25, -0.2) is 4.98 Å². The van der Waals surface area contributed by atoms with Crippen LogP contribution in [0.4, 0.5) is 10.7 Å². The van der Waals surface area contributed by atoms with Gasteiger partial charge in [-0.2, -0.15) is 9.50 Å². The van der Waals surface area contributed by atoms with E-state index >= 15 is 0 Å². The van der Waals surface area contributed by atoms with Crippen molar-refractivity contribution in [3.05, 3.63) is 57.8 Å². The molecule has 1 aliphatic rings. The highest BCUT2D eigenvalue weighted by atomic mass is 32.2. The normalized spacial score (nSPS) is 15.2. The predicted octanol–water partition coefficient (Wildman–Crippen LogP) is 1.72. The van der Waals surface area contributed by atoms with Gasteiger partial charge >= 0.3 is 0 Å². The van der Waals surface area contributed by atoms with E-state index in [2.05, 4.69) is 20.4 Å². The number of hydrogen-bond acceptors (Lipinski definition) is 8. The van der Waals surface area contributed by atoms with Gasteiger partial charge in [0.2, 0.25) is 11.9 Å². The molecule has 1 aliphatic heterocycles. The standard InChI is InChI=1S/C21H21N7O3S/c1-12-15(13(2)28-20(24-12)25-19(22)26-28)11-17(29)23-8-9-27-18(30)16(32-21(27)31)10-14-6-4-3-5-7-14/h3-7,10H,8-9,11H2,1-2H3,(H2,22,26)(H,23,29)/b16-10-. The number of nitrogen functional groups attached to an aromatic ring is 1. The molecule has 32 heavy (non-hydrogen) atoms. The van der Waals surface area contributed by atoms with Crippen LogP contribution in [0, 0.1) is 13.8 Å². The van der Waals surface area contributed by atoms with E-state index in [9.17, 15) is 14.4 Å². The van der Waals surface area contributed by atoms with Crippen LogP contribution in [0.2, 0.25) is 0 Å². The lowest BCUT2D eigenvalue weighted by Gasteiger charge is -2.14. The summed E-state index contributed by atoms with van der Waals surface area (Å²) in [5.74, 6) is -0.120. The molecule has 10 nitrogen and oxygen atoms in total. The van der Waals surface area contributed by atoms with Gasteiger partial charge in [0.1, 0.15) is 0 Å². The third-order valence-electron chi connectivity index (χ3n) is 5.03. The number of benzene rings is 1. The number of imide groups is 1. The Kier molecular flexibility index (Phi) is 5.91. The van der Waals surface area contributed by atoms with Gasteiger partial charge in [-0.15, -0.1) is 5.10 Å². The van der Waals surface area contributed by atoms with Crippen molar-refractivity contribution in [1.29, 1.82) is 0 Å². The maximum Gasteiger partial charge on any atom is 0.293 e. The fourth-order valence-electron chi connectivity index (χ4n) is 3.40. The van der Waals surface area contributed by atoms with Crippen LogP contribution >= 0.6 is 11.8 Å². The molecule has 2 aromatic heterocycles. The van der Waals surface area contributed by atoms with E-state index in [1.165, 1.54) is 4.52 Å².